The molecule has 1 aromatic carbocycles. The van der Waals surface area contributed by atoms with E-state index in [1.807, 2.05) is 24.0 Å². The van der Waals surface area contributed by atoms with E-state index in [0.29, 0.717) is 25.2 Å². The Morgan fingerprint density at radius 2 is 2.32 bits per heavy atom. The lowest BCUT2D eigenvalue weighted by Crippen LogP contribution is -2.35. The predicted molar refractivity (Wildman–Crippen MR) is 75.9 cm³/mol. The van der Waals surface area contributed by atoms with Crippen molar-refractivity contribution in [3.63, 3.8) is 0 Å². The van der Waals surface area contributed by atoms with Crippen LogP contribution in [0.2, 0.25) is 0 Å². The molecule has 5 heteroatoms. The summed E-state index contributed by atoms with van der Waals surface area (Å²) >= 11 is 0. The molecule has 1 aromatic rings. The molecule has 5 nitrogen and oxygen atoms in total. The van der Waals surface area contributed by atoms with Crippen LogP contribution in [-0.2, 0) is 4.79 Å². The minimum absolute atomic E-state index is 0.0643. The van der Waals surface area contributed by atoms with Crippen molar-refractivity contribution in [3.8, 4) is 0 Å². The van der Waals surface area contributed by atoms with Gasteiger partial charge in [-0.3, -0.25) is 9.69 Å². The number of likely N-dealkylation sites (tertiary alicyclic amines) is 1. The molecule has 0 saturated carbocycles. The van der Waals surface area contributed by atoms with E-state index in [4.69, 9.17) is 5.73 Å². The molecule has 0 bridgehead atoms. The molecule has 19 heavy (non-hydrogen) atoms. The zero-order valence-electron chi connectivity index (χ0n) is 11.4. The van der Waals surface area contributed by atoms with Crippen LogP contribution in [0.1, 0.15) is 18.9 Å². The van der Waals surface area contributed by atoms with Gasteiger partial charge in [0, 0.05) is 24.5 Å². The first-order valence-electron chi connectivity index (χ1n) is 6.46. The summed E-state index contributed by atoms with van der Waals surface area (Å²) in [4.78, 5) is 13.9. The van der Waals surface area contributed by atoms with Crippen molar-refractivity contribution in [2.75, 3.05) is 30.7 Å². The van der Waals surface area contributed by atoms with E-state index in [-0.39, 0.29) is 5.91 Å². The Morgan fingerprint density at radius 3 is 2.89 bits per heavy atom. The highest BCUT2D eigenvalue weighted by molar-refractivity contribution is 5.93. The number of β-amino-alcohol motifs (C(OH)–C–C–N with tert-alkyl or cyclic N) is 1. The molecule has 2 rings (SSSR count). The van der Waals surface area contributed by atoms with E-state index in [1.165, 1.54) is 0 Å². The Bertz CT molecular complexity index is 486. The third-order valence-corrected chi connectivity index (χ3v) is 3.42. The molecule has 0 aliphatic carbocycles. The summed E-state index contributed by atoms with van der Waals surface area (Å²) in [5.74, 6) is -0.0643. The minimum atomic E-state index is -0.669. The van der Waals surface area contributed by atoms with E-state index >= 15 is 0 Å². The summed E-state index contributed by atoms with van der Waals surface area (Å²) in [5.41, 5.74) is 7.42. The molecule has 104 valence electrons. The number of hydrogen-bond acceptors (Lipinski definition) is 4. The van der Waals surface area contributed by atoms with Gasteiger partial charge in [0.15, 0.2) is 0 Å². The van der Waals surface area contributed by atoms with E-state index in [0.717, 1.165) is 17.8 Å². The van der Waals surface area contributed by atoms with Crippen molar-refractivity contribution in [3.05, 3.63) is 23.8 Å². The number of nitrogens with one attached hydrogen (secondary N) is 1. The first-order chi connectivity index (χ1) is 8.85. The number of nitrogen functional groups attached to an aromatic ring is 1. The van der Waals surface area contributed by atoms with Gasteiger partial charge in [-0.15, -0.1) is 0 Å². The molecular formula is C14H21N3O2. The Labute approximate surface area is 113 Å². The smallest absolute Gasteiger partial charge is 0.238 e. The van der Waals surface area contributed by atoms with Gasteiger partial charge in [-0.2, -0.15) is 0 Å². The monoisotopic (exact) mass is 263 g/mol. The minimum Gasteiger partial charge on any atom is -0.399 e. The van der Waals surface area contributed by atoms with Crippen molar-refractivity contribution in [1.82, 2.24) is 4.90 Å². The highest BCUT2D eigenvalue weighted by atomic mass is 16.3. The molecule has 0 radical (unpaired) electrons. The van der Waals surface area contributed by atoms with Crippen LogP contribution in [0, 0.1) is 6.92 Å². The normalized spacial score (nSPS) is 23.5. The highest BCUT2D eigenvalue weighted by Gasteiger charge is 2.31. The van der Waals surface area contributed by atoms with Crippen LogP contribution in [-0.4, -0.2) is 41.1 Å². The maximum Gasteiger partial charge on any atom is 0.238 e. The van der Waals surface area contributed by atoms with E-state index in [2.05, 4.69) is 5.32 Å². The molecule has 1 heterocycles. The lowest BCUT2D eigenvalue weighted by Gasteiger charge is -2.18. The summed E-state index contributed by atoms with van der Waals surface area (Å²) in [6, 6.07) is 5.40. The van der Waals surface area contributed by atoms with Gasteiger partial charge in [-0.05, 0) is 44.0 Å². The van der Waals surface area contributed by atoms with Crippen LogP contribution in [0.25, 0.3) is 0 Å². The fourth-order valence-electron chi connectivity index (χ4n) is 2.39. The number of amides is 1. The van der Waals surface area contributed by atoms with Crippen molar-refractivity contribution in [2.45, 2.75) is 25.9 Å². The Balaban J connectivity index is 1.91. The van der Waals surface area contributed by atoms with Gasteiger partial charge in [-0.1, -0.05) is 0 Å². The van der Waals surface area contributed by atoms with Gasteiger partial charge in [0.1, 0.15) is 0 Å². The molecule has 1 atom stereocenters. The fourth-order valence-corrected chi connectivity index (χ4v) is 2.39. The highest BCUT2D eigenvalue weighted by Crippen LogP contribution is 2.21. The van der Waals surface area contributed by atoms with Gasteiger partial charge in [-0.25, -0.2) is 0 Å². The van der Waals surface area contributed by atoms with Gasteiger partial charge >= 0.3 is 0 Å². The number of carbonyl (C=O) groups excluding carboxylic acids is 1. The summed E-state index contributed by atoms with van der Waals surface area (Å²) in [7, 11) is 0. The number of nitrogens with zero attached hydrogens (tertiary/aromatic N) is 1. The first kappa shape index (κ1) is 13.8. The SMILES string of the molecule is Cc1cc(N)ccc1NC(=O)CN1CCC(C)(O)C1. The van der Waals surface area contributed by atoms with Crippen molar-refractivity contribution in [1.29, 1.82) is 0 Å². The maximum atomic E-state index is 12.0. The summed E-state index contributed by atoms with van der Waals surface area (Å²) in [5, 5.41) is 12.7. The Hall–Kier alpha value is -1.59. The number of benzene rings is 1. The molecule has 0 spiro atoms. The number of aryl methyl sites for hydroxylation is 1. The van der Waals surface area contributed by atoms with Crippen molar-refractivity contribution in [2.24, 2.45) is 0 Å². The van der Waals surface area contributed by atoms with E-state index in [1.54, 1.807) is 13.0 Å². The second kappa shape index (κ2) is 5.19. The van der Waals surface area contributed by atoms with Crippen LogP contribution in [0.3, 0.4) is 0 Å². The molecule has 1 unspecified atom stereocenters. The molecular weight excluding hydrogens is 242 g/mol. The van der Waals surface area contributed by atoms with Crippen LogP contribution in [0.4, 0.5) is 11.4 Å². The molecule has 1 aliphatic rings. The third-order valence-electron chi connectivity index (χ3n) is 3.42. The summed E-state index contributed by atoms with van der Waals surface area (Å²) in [6.07, 6.45) is 0.710. The second-order valence-electron chi connectivity index (χ2n) is 5.58. The number of aliphatic hydroxyl groups is 1. The van der Waals surface area contributed by atoms with Gasteiger partial charge in [0.25, 0.3) is 0 Å². The van der Waals surface area contributed by atoms with Gasteiger partial charge < -0.3 is 16.2 Å². The molecule has 0 aromatic heterocycles. The number of nitrogens with two attached hydrogens (primary N) is 1. The predicted octanol–water partition coefficient (Wildman–Crippen LogP) is 0.972. The van der Waals surface area contributed by atoms with Crippen molar-refractivity contribution >= 4 is 17.3 Å². The zero-order chi connectivity index (χ0) is 14.0. The fraction of sp³-hybridized carbons (Fsp3) is 0.500. The quantitative estimate of drug-likeness (QED) is 0.710. The topological polar surface area (TPSA) is 78.6 Å². The average Bonchev–Trinajstić information content (AvgIpc) is 2.62. The Morgan fingerprint density at radius 1 is 1.58 bits per heavy atom. The summed E-state index contributed by atoms with van der Waals surface area (Å²) in [6.45, 7) is 5.31. The summed E-state index contributed by atoms with van der Waals surface area (Å²) < 4.78 is 0. The zero-order valence-corrected chi connectivity index (χ0v) is 11.4. The molecule has 4 N–H and O–H groups in total. The van der Waals surface area contributed by atoms with Crippen molar-refractivity contribution < 1.29 is 9.90 Å². The first-order valence-corrected chi connectivity index (χ1v) is 6.46. The molecule has 1 saturated heterocycles. The number of hydrogen-bond donors (Lipinski definition) is 3. The van der Waals surface area contributed by atoms with E-state index in [9.17, 15) is 9.90 Å². The van der Waals surface area contributed by atoms with Crippen LogP contribution < -0.4 is 11.1 Å². The van der Waals surface area contributed by atoms with E-state index < -0.39 is 5.60 Å². The van der Waals surface area contributed by atoms with Crippen LogP contribution in [0.15, 0.2) is 18.2 Å². The number of rotatable bonds is 3. The number of anilines is 2. The number of carbonyl (C=O) groups is 1. The Kier molecular flexibility index (Phi) is 3.78. The maximum absolute atomic E-state index is 12.0. The largest absolute Gasteiger partial charge is 0.399 e. The second-order valence-corrected chi connectivity index (χ2v) is 5.58. The molecule has 1 fully saturated rings. The average molecular weight is 263 g/mol. The molecule has 1 amide bonds. The van der Waals surface area contributed by atoms with Crippen LogP contribution >= 0.6 is 0 Å². The van der Waals surface area contributed by atoms with Gasteiger partial charge in [0.05, 0.1) is 12.1 Å². The lowest BCUT2D eigenvalue weighted by atomic mass is 10.1. The van der Waals surface area contributed by atoms with Gasteiger partial charge in [0.2, 0.25) is 5.91 Å². The van der Waals surface area contributed by atoms with Crippen LogP contribution in [0.5, 0.6) is 0 Å². The molecule has 1 aliphatic heterocycles. The third kappa shape index (κ3) is 3.68. The standard InChI is InChI=1S/C14H21N3O2/c1-10-7-11(15)3-4-12(10)16-13(18)8-17-6-5-14(2,19)9-17/h3-4,7,19H,5-6,8-9,15H2,1-2H3,(H,16,18). The lowest BCUT2D eigenvalue weighted by molar-refractivity contribution is -0.117.